The van der Waals surface area contributed by atoms with Gasteiger partial charge in [0.2, 0.25) is 11.8 Å². The van der Waals surface area contributed by atoms with Gasteiger partial charge in [-0.25, -0.2) is 0 Å². The molecule has 0 unspecified atom stereocenters. The van der Waals surface area contributed by atoms with Crippen LogP contribution in [0.15, 0.2) is 48.5 Å². The number of carbonyl (C=O) groups is 2. The third kappa shape index (κ3) is 3.87. The van der Waals surface area contributed by atoms with Crippen molar-refractivity contribution in [2.45, 2.75) is 32.0 Å². The summed E-state index contributed by atoms with van der Waals surface area (Å²) in [7, 11) is 0. The lowest BCUT2D eigenvalue weighted by atomic mass is 9.98. The first kappa shape index (κ1) is 18.5. The Labute approximate surface area is 164 Å². The fourth-order valence-corrected chi connectivity index (χ4v) is 3.96. The van der Waals surface area contributed by atoms with Crippen LogP contribution in [0.25, 0.3) is 0 Å². The molecule has 2 amide bonds. The molecule has 4 rings (SSSR count). The minimum Gasteiger partial charge on any atom is -0.508 e. The Morgan fingerprint density at radius 3 is 2.39 bits per heavy atom. The maximum Gasteiger partial charge on any atom is 0.246 e. The molecule has 2 heterocycles. The fourth-order valence-electron chi connectivity index (χ4n) is 3.96. The van der Waals surface area contributed by atoms with Crippen LogP contribution in [-0.4, -0.2) is 58.4 Å². The Hall–Kier alpha value is -2.86. The number of phenolic OH excluding ortho intramolecular Hbond substituents is 1. The molecule has 2 atom stereocenters. The minimum absolute atomic E-state index is 0.0207. The summed E-state index contributed by atoms with van der Waals surface area (Å²) in [6.45, 7) is 4.72. The Kier molecular flexibility index (Phi) is 5.05. The minimum atomic E-state index is -0.544. The van der Waals surface area contributed by atoms with Gasteiger partial charge < -0.3 is 15.3 Å². The van der Waals surface area contributed by atoms with E-state index in [2.05, 4.69) is 41.4 Å². The summed E-state index contributed by atoms with van der Waals surface area (Å²) in [6, 6.07) is 14.2. The molecule has 2 aliphatic heterocycles. The molecule has 2 fully saturated rings. The van der Waals surface area contributed by atoms with Gasteiger partial charge in [0.15, 0.2) is 0 Å². The van der Waals surface area contributed by atoms with Gasteiger partial charge in [0.05, 0.1) is 0 Å². The van der Waals surface area contributed by atoms with Crippen LogP contribution in [0.4, 0.5) is 0 Å². The van der Waals surface area contributed by atoms with Gasteiger partial charge in [0.25, 0.3) is 0 Å². The monoisotopic (exact) mass is 379 g/mol. The quantitative estimate of drug-likeness (QED) is 0.844. The van der Waals surface area contributed by atoms with Gasteiger partial charge in [-0.2, -0.15) is 0 Å². The molecule has 28 heavy (non-hydrogen) atoms. The van der Waals surface area contributed by atoms with Crippen molar-refractivity contribution in [1.29, 1.82) is 0 Å². The zero-order valence-corrected chi connectivity index (χ0v) is 16.0. The first-order valence-corrected chi connectivity index (χ1v) is 9.66. The van der Waals surface area contributed by atoms with Crippen molar-refractivity contribution in [3.05, 3.63) is 65.2 Å². The van der Waals surface area contributed by atoms with Crippen molar-refractivity contribution in [3.63, 3.8) is 0 Å². The van der Waals surface area contributed by atoms with E-state index in [4.69, 9.17) is 0 Å². The zero-order valence-electron chi connectivity index (χ0n) is 16.0. The number of hydrogen-bond acceptors (Lipinski definition) is 4. The number of aromatic hydroxyl groups is 1. The summed E-state index contributed by atoms with van der Waals surface area (Å²) in [5.41, 5.74) is 3.35. The van der Waals surface area contributed by atoms with Gasteiger partial charge in [0.1, 0.15) is 17.8 Å². The smallest absolute Gasteiger partial charge is 0.246 e. The normalized spacial score (nSPS) is 22.7. The highest BCUT2D eigenvalue weighted by molar-refractivity contribution is 5.97. The van der Waals surface area contributed by atoms with Crippen molar-refractivity contribution in [3.8, 4) is 5.75 Å². The van der Waals surface area contributed by atoms with Crippen LogP contribution in [0, 0.1) is 6.92 Å². The summed E-state index contributed by atoms with van der Waals surface area (Å²) >= 11 is 0. The maximum absolute atomic E-state index is 12.9. The van der Waals surface area contributed by atoms with E-state index in [-0.39, 0.29) is 17.6 Å². The second kappa shape index (κ2) is 7.64. The average molecular weight is 379 g/mol. The molecule has 146 valence electrons. The molecule has 0 bridgehead atoms. The molecule has 2 aromatic rings. The van der Waals surface area contributed by atoms with Gasteiger partial charge >= 0.3 is 0 Å². The Balaban J connectivity index is 1.41. The Bertz CT molecular complexity index is 864. The van der Waals surface area contributed by atoms with Crippen molar-refractivity contribution in [2.75, 3.05) is 19.6 Å². The van der Waals surface area contributed by atoms with Crippen molar-refractivity contribution in [1.82, 2.24) is 15.1 Å². The number of piperazine rings is 2. The molecule has 0 saturated carbocycles. The number of rotatable bonds is 4. The highest BCUT2D eigenvalue weighted by atomic mass is 16.3. The standard InChI is InChI=1S/C22H25N3O3/c1-15-2-4-17(5-3-15)13-24-10-11-25-20(14-24)21(27)23-19(22(25)28)12-16-6-8-18(26)9-7-16/h2-9,19-20,26H,10-14H2,1H3,(H,23,27)/t19-,20+/m0/s1. The van der Waals surface area contributed by atoms with Crippen LogP contribution >= 0.6 is 0 Å². The molecule has 6 heteroatoms. The summed E-state index contributed by atoms with van der Waals surface area (Å²) in [6.07, 6.45) is 0.432. The number of benzene rings is 2. The van der Waals surface area contributed by atoms with Crippen molar-refractivity contribution in [2.24, 2.45) is 0 Å². The molecule has 0 aliphatic carbocycles. The van der Waals surface area contributed by atoms with E-state index in [1.807, 2.05) is 0 Å². The van der Waals surface area contributed by atoms with Crippen LogP contribution < -0.4 is 5.32 Å². The summed E-state index contributed by atoms with van der Waals surface area (Å²) in [4.78, 5) is 29.6. The SMILES string of the molecule is Cc1ccc(CN2CCN3C(=O)[C@H](Cc4ccc(O)cc4)NC(=O)[C@H]3C2)cc1. The highest BCUT2D eigenvalue weighted by Gasteiger charge is 2.43. The molecular weight excluding hydrogens is 354 g/mol. The average Bonchev–Trinajstić information content (AvgIpc) is 2.69. The van der Waals surface area contributed by atoms with Crippen molar-refractivity contribution >= 4 is 11.8 Å². The molecule has 0 aromatic heterocycles. The number of nitrogens with zero attached hydrogens (tertiary/aromatic N) is 2. The van der Waals surface area contributed by atoms with Gasteiger partial charge in [-0.15, -0.1) is 0 Å². The lowest BCUT2D eigenvalue weighted by Crippen LogP contribution is -2.69. The van der Waals surface area contributed by atoms with Crippen LogP contribution in [0.2, 0.25) is 0 Å². The van der Waals surface area contributed by atoms with Gasteiger partial charge in [-0.1, -0.05) is 42.0 Å². The number of aryl methyl sites for hydroxylation is 1. The molecular formula is C22H25N3O3. The third-order valence-electron chi connectivity index (χ3n) is 5.57. The second-order valence-electron chi connectivity index (χ2n) is 7.70. The first-order valence-electron chi connectivity index (χ1n) is 9.66. The molecule has 2 N–H and O–H groups in total. The lowest BCUT2D eigenvalue weighted by molar-refractivity contribution is -0.153. The highest BCUT2D eigenvalue weighted by Crippen LogP contribution is 2.20. The van der Waals surface area contributed by atoms with Crippen LogP contribution in [0.3, 0.4) is 0 Å². The van der Waals surface area contributed by atoms with E-state index in [0.29, 0.717) is 19.5 Å². The van der Waals surface area contributed by atoms with Gasteiger partial charge in [-0.3, -0.25) is 14.5 Å². The molecule has 6 nitrogen and oxygen atoms in total. The van der Waals surface area contributed by atoms with Crippen molar-refractivity contribution < 1.29 is 14.7 Å². The van der Waals surface area contributed by atoms with E-state index >= 15 is 0 Å². The van der Waals surface area contributed by atoms with E-state index in [1.165, 1.54) is 11.1 Å². The number of hydrogen-bond donors (Lipinski definition) is 2. The van der Waals surface area contributed by atoms with Crippen LogP contribution in [0.1, 0.15) is 16.7 Å². The predicted octanol–water partition coefficient (Wildman–Crippen LogP) is 1.45. The zero-order chi connectivity index (χ0) is 19.7. The molecule has 2 saturated heterocycles. The molecule has 2 aliphatic rings. The molecule has 2 aromatic carbocycles. The number of nitrogens with one attached hydrogen (secondary N) is 1. The summed E-state index contributed by atoms with van der Waals surface area (Å²) in [5.74, 6) is 0.0807. The topological polar surface area (TPSA) is 72.9 Å². The maximum atomic E-state index is 12.9. The number of phenols is 1. The van der Waals surface area contributed by atoms with Gasteiger partial charge in [0, 0.05) is 32.6 Å². The largest absolute Gasteiger partial charge is 0.508 e. The molecule has 0 radical (unpaired) electrons. The van der Waals surface area contributed by atoms with Gasteiger partial charge in [-0.05, 0) is 30.2 Å². The van der Waals surface area contributed by atoms with Crippen LogP contribution in [0.5, 0.6) is 5.75 Å². The number of amides is 2. The number of carbonyl (C=O) groups excluding carboxylic acids is 2. The Morgan fingerprint density at radius 1 is 1.00 bits per heavy atom. The number of fused-ring (bicyclic) bond motifs is 1. The second-order valence-corrected chi connectivity index (χ2v) is 7.70. The van der Waals surface area contributed by atoms with E-state index < -0.39 is 12.1 Å². The summed E-state index contributed by atoms with van der Waals surface area (Å²) in [5, 5.41) is 12.3. The van der Waals surface area contributed by atoms with E-state index in [9.17, 15) is 14.7 Å². The lowest BCUT2D eigenvalue weighted by Gasteiger charge is -2.45. The predicted molar refractivity (Wildman–Crippen MR) is 106 cm³/mol. The fraction of sp³-hybridized carbons (Fsp3) is 0.364. The summed E-state index contributed by atoms with van der Waals surface area (Å²) < 4.78 is 0. The first-order chi connectivity index (χ1) is 13.5. The molecule has 0 spiro atoms. The third-order valence-corrected chi connectivity index (χ3v) is 5.57. The van der Waals surface area contributed by atoms with E-state index in [1.54, 1.807) is 29.2 Å². The Morgan fingerprint density at radius 2 is 1.68 bits per heavy atom. The van der Waals surface area contributed by atoms with E-state index in [0.717, 1.165) is 18.7 Å². The van der Waals surface area contributed by atoms with Crippen LogP contribution in [-0.2, 0) is 22.6 Å².